The Morgan fingerprint density at radius 2 is 0.923 bits per heavy atom. The molecule has 0 aromatic heterocycles. The predicted octanol–water partition coefficient (Wildman–Crippen LogP) is 12.4. The van der Waals surface area contributed by atoms with Gasteiger partial charge >= 0.3 is 0 Å². The van der Waals surface area contributed by atoms with Gasteiger partial charge in [0.15, 0.2) is 0 Å². The van der Waals surface area contributed by atoms with Crippen LogP contribution in [-0.2, 0) is 0 Å². The fraction of sp³-hybridized carbons (Fsp3) is 0.179. The molecule has 0 N–H and O–H groups in total. The first kappa shape index (κ1) is 29.4. The van der Waals surface area contributed by atoms with E-state index in [0.29, 0.717) is 0 Å². The molecule has 0 saturated heterocycles. The Labute approximate surface area is 235 Å². The molecular weight excluding hydrogens is 468 g/mol. The molecule has 0 nitrogen and oxygen atoms in total. The van der Waals surface area contributed by atoms with Crippen LogP contribution in [0.1, 0.15) is 47.1 Å². The molecule has 0 saturated carbocycles. The van der Waals surface area contributed by atoms with E-state index in [2.05, 4.69) is 122 Å². The second kappa shape index (κ2) is 14.7. The lowest BCUT2D eigenvalue weighted by molar-refractivity contribution is 1.47. The maximum atomic E-state index is 2.34. The molecule has 6 aromatic rings. The Hall–Kier alpha value is -4.16. The highest BCUT2D eigenvalue weighted by Crippen LogP contribution is 2.39. The average Bonchev–Trinajstić information content (AvgIpc) is 3.02. The Bertz CT molecular complexity index is 1650. The molecule has 0 heteroatoms. The molecule has 6 rings (SSSR count). The highest BCUT2D eigenvalue weighted by Gasteiger charge is 2.13. The Morgan fingerprint density at radius 1 is 0.436 bits per heavy atom. The molecule has 0 heterocycles. The third kappa shape index (κ3) is 6.65. The highest BCUT2D eigenvalue weighted by molar-refractivity contribution is 6.10. The maximum absolute atomic E-state index is 2.34. The zero-order chi connectivity index (χ0) is 28.2. The van der Waals surface area contributed by atoms with Gasteiger partial charge in [-0.1, -0.05) is 155 Å². The molecule has 0 radical (unpaired) electrons. The first-order valence-electron chi connectivity index (χ1n) is 14.3. The first-order valence-corrected chi connectivity index (χ1v) is 14.3. The summed E-state index contributed by atoms with van der Waals surface area (Å²) in [6, 6.07) is 42.1. The largest absolute Gasteiger partial charge is 0.0919 e. The van der Waals surface area contributed by atoms with Crippen LogP contribution in [0.2, 0.25) is 0 Å². The van der Waals surface area contributed by atoms with Crippen LogP contribution in [0.5, 0.6) is 0 Å². The Kier molecular flexibility index (Phi) is 11.1. The smallest absolute Gasteiger partial charge is 0.00268 e. The molecular formula is C39H42. The summed E-state index contributed by atoms with van der Waals surface area (Å²) in [5.74, 6) is 0. The minimum absolute atomic E-state index is 1.25. The number of hydrogen-bond acceptors (Lipinski definition) is 0. The SMILES string of the molecule is C/C=C\C.CC.CC.Cc1ccc(-c2c(-c3ccc4c(ccc5ccccc54)c3)ccc3ccccc23)cc1. The normalized spacial score (nSPS) is 10.3. The van der Waals surface area contributed by atoms with E-state index in [9.17, 15) is 0 Å². The molecule has 6 aromatic carbocycles. The van der Waals surface area contributed by atoms with Crippen LogP contribution in [0.25, 0.3) is 54.6 Å². The molecule has 0 unspecified atom stereocenters. The number of rotatable bonds is 2. The number of benzene rings is 6. The predicted molar refractivity (Wildman–Crippen MR) is 178 cm³/mol. The number of aryl methyl sites for hydroxylation is 1. The topological polar surface area (TPSA) is 0 Å². The third-order valence-corrected chi connectivity index (χ3v) is 6.66. The minimum Gasteiger partial charge on any atom is -0.0919 e. The van der Waals surface area contributed by atoms with Crippen molar-refractivity contribution in [2.75, 3.05) is 0 Å². The summed E-state index contributed by atoms with van der Waals surface area (Å²) in [5.41, 5.74) is 6.37. The zero-order valence-corrected chi connectivity index (χ0v) is 24.6. The first-order chi connectivity index (χ1) is 19.2. The quantitative estimate of drug-likeness (QED) is 0.160. The van der Waals surface area contributed by atoms with Gasteiger partial charge in [0, 0.05) is 0 Å². The number of allylic oxidation sites excluding steroid dienone is 2. The van der Waals surface area contributed by atoms with Crippen molar-refractivity contribution < 1.29 is 0 Å². The van der Waals surface area contributed by atoms with Gasteiger partial charge in [-0.25, -0.2) is 0 Å². The van der Waals surface area contributed by atoms with Gasteiger partial charge in [-0.15, -0.1) is 0 Å². The average molecular weight is 511 g/mol. The molecule has 0 bridgehead atoms. The molecule has 0 amide bonds. The van der Waals surface area contributed by atoms with Crippen LogP contribution in [0.15, 0.2) is 127 Å². The molecule has 0 aliphatic heterocycles. The van der Waals surface area contributed by atoms with Gasteiger partial charge in [0.2, 0.25) is 0 Å². The lowest BCUT2D eigenvalue weighted by Crippen LogP contribution is -1.89. The summed E-state index contributed by atoms with van der Waals surface area (Å²) in [6.07, 6.45) is 4.00. The molecule has 0 atom stereocenters. The fourth-order valence-electron chi connectivity index (χ4n) is 4.72. The van der Waals surface area contributed by atoms with Gasteiger partial charge < -0.3 is 0 Å². The van der Waals surface area contributed by atoms with Gasteiger partial charge in [0.1, 0.15) is 0 Å². The van der Waals surface area contributed by atoms with Crippen molar-refractivity contribution in [3.63, 3.8) is 0 Å². The van der Waals surface area contributed by atoms with Crippen molar-refractivity contribution in [2.45, 2.75) is 48.5 Å². The monoisotopic (exact) mass is 510 g/mol. The summed E-state index contributed by atoms with van der Waals surface area (Å²) < 4.78 is 0. The van der Waals surface area contributed by atoms with E-state index in [1.165, 1.54) is 60.1 Å². The van der Waals surface area contributed by atoms with Crippen molar-refractivity contribution in [1.29, 1.82) is 0 Å². The van der Waals surface area contributed by atoms with Gasteiger partial charge in [-0.3, -0.25) is 0 Å². The molecule has 0 spiro atoms. The fourth-order valence-corrected chi connectivity index (χ4v) is 4.72. The molecule has 198 valence electrons. The minimum atomic E-state index is 1.25. The number of hydrogen-bond donors (Lipinski definition) is 0. The van der Waals surface area contributed by atoms with E-state index in [0.717, 1.165) is 0 Å². The van der Waals surface area contributed by atoms with Crippen molar-refractivity contribution in [3.8, 4) is 22.3 Å². The van der Waals surface area contributed by atoms with Crippen LogP contribution in [0, 0.1) is 6.92 Å². The van der Waals surface area contributed by atoms with E-state index in [1.54, 1.807) is 0 Å². The molecule has 0 fully saturated rings. The Morgan fingerprint density at radius 3 is 1.56 bits per heavy atom. The lowest BCUT2D eigenvalue weighted by Gasteiger charge is -2.15. The maximum Gasteiger partial charge on any atom is -0.00268 e. The van der Waals surface area contributed by atoms with Crippen LogP contribution in [0.3, 0.4) is 0 Å². The van der Waals surface area contributed by atoms with Crippen LogP contribution in [-0.4, -0.2) is 0 Å². The van der Waals surface area contributed by atoms with Gasteiger partial charge in [-0.05, 0) is 81.4 Å². The van der Waals surface area contributed by atoms with Crippen molar-refractivity contribution >= 4 is 32.3 Å². The van der Waals surface area contributed by atoms with Crippen LogP contribution < -0.4 is 0 Å². The van der Waals surface area contributed by atoms with Crippen LogP contribution >= 0.6 is 0 Å². The second-order valence-corrected chi connectivity index (χ2v) is 8.96. The van der Waals surface area contributed by atoms with Crippen molar-refractivity contribution in [3.05, 3.63) is 133 Å². The zero-order valence-electron chi connectivity index (χ0n) is 24.6. The third-order valence-electron chi connectivity index (χ3n) is 6.66. The molecule has 0 aliphatic rings. The highest BCUT2D eigenvalue weighted by atomic mass is 14.2. The van der Waals surface area contributed by atoms with E-state index in [4.69, 9.17) is 0 Å². The summed E-state index contributed by atoms with van der Waals surface area (Å²) >= 11 is 0. The lowest BCUT2D eigenvalue weighted by atomic mass is 9.88. The second-order valence-electron chi connectivity index (χ2n) is 8.96. The van der Waals surface area contributed by atoms with Crippen molar-refractivity contribution in [1.82, 2.24) is 0 Å². The summed E-state index contributed by atoms with van der Waals surface area (Å²) in [7, 11) is 0. The van der Waals surface area contributed by atoms with Crippen molar-refractivity contribution in [2.24, 2.45) is 0 Å². The van der Waals surface area contributed by atoms with Crippen LogP contribution in [0.4, 0.5) is 0 Å². The summed E-state index contributed by atoms with van der Waals surface area (Å²) in [6.45, 7) is 14.1. The van der Waals surface area contributed by atoms with Gasteiger partial charge in [-0.2, -0.15) is 0 Å². The number of fused-ring (bicyclic) bond motifs is 4. The van der Waals surface area contributed by atoms with E-state index in [-0.39, 0.29) is 0 Å². The Balaban J connectivity index is 0.000000476. The van der Waals surface area contributed by atoms with Gasteiger partial charge in [0.05, 0.1) is 0 Å². The van der Waals surface area contributed by atoms with E-state index in [1.807, 2.05) is 53.7 Å². The van der Waals surface area contributed by atoms with Gasteiger partial charge in [0.25, 0.3) is 0 Å². The summed E-state index contributed by atoms with van der Waals surface area (Å²) in [4.78, 5) is 0. The molecule has 0 aliphatic carbocycles. The van der Waals surface area contributed by atoms with E-state index < -0.39 is 0 Å². The van der Waals surface area contributed by atoms with E-state index >= 15 is 0 Å². The molecule has 39 heavy (non-hydrogen) atoms. The standard InChI is InChI=1S/C31H22.C4H8.2C2H6/c1-21-10-12-24(13-11-21)31-29-9-5-3-7-23(29)16-19-30(31)26-17-18-28-25(20-26)15-14-22-6-2-4-8-27(22)28;1-3-4-2;2*1-2/h2-20H,1H3;3-4H,1-2H3;2*1-2H3/b;4-3-;;. The summed E-state index contributed by atoms with van der Waals surface area (Å²) in [5, 5.41) is 7.74.